The molecule has 0 aromatic heterocycles. The maximum absolute atomic E-state index is 12.5. The third-order valence-electron chi connectivity index (χ3n) is 3.96. The lowest BCUT2D eigenvalue weighted by atomic mass is 9.64. The van der Waals surface area contributed by atoms with E-state index in [1.54, 1.807) is 0 Å². The number of hydrogen-bond donors (Lipinski definition) is 2. The van der Waals surface area contributed by atoms with E-state index in [1.165, 1.54) is 0 Å². The van der Waals surface area contributed by atoms with E-state index in [9.17, 15) is 4.79 Å². The van der Waals surface area contributed by atoms with Crippen LogP contribution in [0.2, 0.25) is 0 Å². The van der Waals surface area contributed by atoms with E-state index in [1.807, 2.05) is 24.3 Å². The Kier molecular flexibility index (Phi) is 4.25. The molecular formula is C16H23NO2. The number of aliphatic hydroxyl groups excluding tert-OH is 1. The number of hydrogen-bond acceptors (Lipinski definition) is 2. The first-order chi connectivity index (χ1) is 9.05. The number of carbonyl (C=O) groups is 1. The molecule has 1 fully saturated rings. The molecule has 0 aliphatic heterocycles. The van der Waals surface area contributed by atoms with E-state index < -0.39 is 0 Å². The van der Waals surface area contributed by atoms with Crippen molar-refractivity contribution < 1.29 is 9.90 Å². The zero-order valence-corrected chi connectivity index (χ0v) is 11.8. The van der Waals surface area contributed by atoms with Crippen molar-refractivity contribution >= 4 is 11.6 Å². The summed E-state index contributed by atoms with van der Waals surface area (Å²) in [5.41, 5.74) is 1.44. The monoisotopic (exact) mass is 261 g/mol. The smallest absolute Gasteiger partial charge is 0.230 e. The summed E-state index contributed by atoms with van der Waals surface area (Å²) in [4.78, 5) is 12.5. The van der Waals surface area contributed by atoms with Gasteiger partial charge in [0.05, 0.1) is 6.61 Å². The lowest BCUT2D eigenvalue weighted by Gasteiger charge is -2.41. The molecule has 0 spiro atoms. The van der Waals surface area contributed by atoms with Gasteiger partial charge in [-0.05, 0) is 42.9 Å². The number of nitrogens with one attached hydrogen (secondary N) is 1. The van der Waals surface area contributed by atoms with Crippen molar-refractivity contribution in [2.75, 3.05) is 5.32 Å². The third kappa shape index (κ3) is 3.16. The largest absolute Gasteiger partial charge is 0.392 e. The summed E-state index contributed by atoms with van der Waals surface area (Å²) in [6, 6.07) is 7.42. The fourth-order valence-electron chi connectivity index (χ4n) is 2.92. The van der Waals surface area contributed by atoms with Crippen LogP contribution in [0, 0.1) is 11.3 Å². The molecule has 0 unspecified atom stereocenters. The van der Waals surface area contributed by atoms with Crippen molar-refractivity contribution in [3.05, 3.63) is 29.8 Å². The number of amides is 1. The summed E-state index contributed by atoms with van der Waals surface area (Å²) in [5, 5.41) is 12.1. The van der Waals surface area contributed by atoms with Crippen LogP contribution >= 0.6 is 0 Å². The minimum absolute atomic E-state index is 0.000841. The van der Waals surface area contributed by atoms with Gasteiger partial charge in [0.25, 0.3) is 0 Å². The third-order valence-corrected chi connectivity index (χ3v) is 3.96. The topological polar surface area (TPSA) is 49.3 Å². The van der Waals surface area contributed by atoms with Crippen LogP contribution in [-0.4, -0.2) is 11.0 Å². The molecule has 0 radical (unpaired) electrons. The highest BCUT2D eigenvalue weighted by Gasteiger charge is 2.44. The predicted octanol–water partition coefficient (Wildman–Crippen LogP) is 3.33. The quantitative estimate of drug-likeness (QED) is 0.854. The van der Waals surface area contributed by atoms with Gasteiger partial charge in [-0.15, -0.1) is 0 Å². The second kappa shape index (κ2) is 5.74. The van der Waals surface area contributed by atoms with Gasteiger partial charge < -0.3 is 10.4 Å². The Balaban J connectivity index is 2.07. The van der Waals surface area contributed by atoms with Crippen LogP contribution in [0.4, 0.5) is 5.69 Å². The molecule has 0 heterocycles. The molecule has 1 aromatic carbocycles. The first-order valence-corrected chi connectivity index (χ1v) is 7.07. The molecule has 1 aliphatic rings. The lowest BCUT2D eigenvalue weighted by Crippen LogP contribution is -2.42. The van der Waals surface area contributed by atoms with Crippen molar-refractivity contribution in [2.45, 2.75) is 46.1 Å². The molecule has 19 heavy (non-hydrogen) atoms. The van der Waals surface area contributed by atoms with Gasteiger partial charge in [-0.25, -0.2) is 0 Å². The highest BCUT2D eigenvalue weighted by atomic mass is 16.3. The first-order valence-electron chi connectivity index (χ1n) is 7.07. The van der Waals surface area contributed by atoms with E-state index >= 15 is 0 Å². The second-order valence-corrected chi connectivity index (χ2v) is 6.04. The SMILES string of the molecule is CC(C)CC1(C(=O)Nc2cccc(CO)c2)CCC1. The summed E-state index contributed by atoms with van der Waals surface area (Å²) in [6.45, 7) is 4.33. The maximum atomic E-state index is 12.5. The zero-order chi connectivity index (χ0) is 13.9. The number of anilines is 1. The average Bonchev–Trinajstić information content (AvgIpc) is 2.33. The molecule has 1 saturated carbocycles. The summed E-state index contributed by atoms with van der Waals surface area (Å²) in [5.74, 6) is 0.678. The van der Waals surface area contributed by atoms with Crippen molar-refractivity contribution in [1.82, 2.24) is 0 Å². The number of aliphatic hydroxyl groups is 1. The van der Waals surface area contributed by atoms with Crippen LogP contribution in [0.3, 0.4) is 0 Å². The molecule has 3 heteroatoms. The Labute approximate surface area is 115 Å². The molecule has 2 N–H and O–H groups in total. The Hall–Kier alpha value is -1.35. The van der Waals surface area contributed by atoms with Crippen LogP contribution in [-0.2, 0) is 11.4 Å². The van der Waals surface area contributed by atoms with Gasteiger partial charge in [0.15, 0.2) is 0 Å². The maximum Gasteiger partial charge on any atom is 0.230 e. The Morgan fingerprint density at radius 1 is 1.42 bits per heavy atom. The van der Waals surface area contributed by atoms with Gasteiger partial charge in [-0.3, -0.25) is 4.79 Å². The zero-order valence-electron chi connectivity index (χ0n) is 11.8. The first kappa shape index (κ1) is 14.1. The molecule has 2 rings (SSSR count). The van der Waals surface area contributed by atoms with Crippen LogP contribution in [0.1, 0.15) is 45.1 Å². The van der Waals surface area contributed by atoms with E-state index in [0.717, 1.165) is 36.9 Å². The minimum atomic E-state index is -0.163. The van der Waals surface area contributed by atoms with Gasteiger partial charge in [-0.1, -0.05) is 32.4 Å². The Morgan fingerprint density at radius 3 is 2.68 bits per heavy atom. The van der Waals surface area contributed by atoms with E-state index in [-0.39, 0.29) is 17.9 Å². The van der Waals surface area contributed by atoms with Gasteiger partial charge in [0.1, 0.15) is 0 Å². The van der Waals surface area contributed by atoms with Crippen molar-refractivity contribution in [2.24, 2.45) is 11.3 Å². The van der Waals surface area contributed by atoms with Crippen LogP contribution in [0.5, 0.6) is 0 Å². The molecule has 3 nitrogen and oxygen atoms in total. The van der Waals surface area contributed by atoms with E-state index in [0.29, 0.717) is 5.92 Å². The highest BCUT2D eigenvalue weighted by Crippen LogP contribution is 2.46. The second-order valence-electron chi connectivity index (χ2n) is 6.04. The molecule has 0 atom stereocenters. The number of benzene rings is 1. The Morgan fingerprint density at radius 2 is 2.16 bits per heavy atom. The van der Waals surface area contributed by atoms with Crippen molar-refractivity contribution in [3.63, 3.8) is 0 Å². The number of carbonyl (C=O) groups excluding carboxylic acids is 1. The van der Waals surface area contributed by atoms with Crippen LogP contribution in [0.25, 0.3) is 0 Å². The van der Waals surface area contributed by atoms with Crippen molar-refractivity contribution in [1.29, 1.82) is 0 Å². The van der Waals surface area contributed by atoms with Gasteiger partial charge in [0, 0.05) is 11.1 Å². The van der Waals surface area contributed by atoms with Crippen LogP contribution in [0.15, 0.2) is 24.3 Å². The summed E-state index contributed by atoms with van der Waals surface area (Å²) >= 11 is 0. The average molecular weight is 261 g/mol. The van der Waals surface area contributed by atoms with Crippen molar-refractivity contribution in [3.8, 4) is 0 Å². The van der Waals surface area contributed by atoms with Gasteiger partial charge >= 0.3 is 0 Å². The summed E-state index contributed by atoms with van der Waals surface area (Å²) in [6.07, 6.45) is 4.10. The molecule has 104 valence electrons. The molecule has 1 aromatic rings. The lowest BCUT2D eigenvalue weighted by molar-refractivity contribution is -0.131. The normalized spacial score (nSPS) is 17.1. The van der Waals surface area contributed by atoms with E-state index in [2.05, 4.69) is 19.2 Å². The molecule has 1 aliphatic carbocycles. The molecular weight excluding hydrogens is 238 g/mol. The Bertz CT molecular complexity index is 450. The fourth-order valence-corrected chi connectivity index (χ4v) is 2.92. The summed E-state index contributed by atoms with van der Waals surface area (Å²) in [7, 11) is 0. The van der Waals surface area contributed by atoms with Gasteiger partial charge in [-0.2, -0.15) is 0 Å². The fraction of sp³-hybridized carbons (Fsp3) is 0.562. The molecule has 1 amide bonds. The predicted molar refractivity (Wildman–Crippen MR) is 76.7 cm³/mol. The standard InChI is InChI=1S/C16H23NO2/c1-12(2)10-16(7-4-8-16)15(19)17-14-6-3-5-13(9-14)11-18/h3,5-6,9,12,18H,4,7-8,10-11H2,1-2H3,(H,17,19). The van der Waals surface area contributed by atoms with Crippen LogP contribution < -0.4 is 5.32 Å². The van der Waals surface area contributed by atoms with E-state index in [4.69, 9.17) is 5.11 Å². The molecule has 0 bridgehead atoms. The minimum Gasteiger partial charge on any atom is -0.392 e. The summed E-state index contributed by atoms with van der Waals surface area (Å²) < 4.78 is 0. The molecule has 0 saturated heterocycles. The highest BCUT2D eigenvalue weighted by molar-refractivity contribution is 5.96. The van der Waals surface area contributed by atoms with Gasteiger partial charge in [0.2, 0.25) is 5.91 Å². The number of rotatable bonds is 5.